The molecule has 22 heavy (non-hydrogen) atoms. The summed E-state index contributed by atoms with van der Waals surface area (Å²) in [5, 5.41) is 10.7. The van der Waals surface area contributed by atoms with Gasteiger partial charge in [0.25, 0.3) is 0 Å². The molecule has 0 bridgehead atoms. The second kappa shape index (κ2) is 5.96. The van der Waals surface area contributed by atoms with Gasteiger partial charge in [0.15, 0.2) is 4.80 Å². The van der Waals surface area contributed by atoms with Crippen LogP contribution in [0.3, 0.4) is 0 Å². The van der Waals surface area contributed by atoms with Crippen molar-refractivity contribution in [3.05, 3.63) is 45.7 Å². The van der Waals surface area contributed by atoms with E-state index >= 15 is 0 Å². The van der Waals surface area contributed by atoms with Crippen LogP contribution in [0, 0.1) is 0 Å². The molecular formula is C14H13F3N2O2S. The van der Waals surface area contributed by atoms with Crippen molar-refractivity contribution in [1.29, 1.82) is 0 Å². The number of aliphatic carboxylic acids is 1. The zero-order valence-corrected chi connectivity index (χ0v) is 12.6. The van der Waals surface area contributed by atoms with E-state index in [1.165, 1.54) is 30.4 Å². The first kappa shape index (κ1) is 16.3. The van der Waals surface area contributed by atoms with Crippen molar-refractivity contribution in [3.8, 4) is 0 Å². The van der Waals surface area contributed by atoms with E-state index in [0.717, 1.165) is 6.07 Å². The van der Waals surface area contributed by atoms with Crippen molar-refractivity contribution >= 4 is 23.0 Å². The minimum Gasteiger partial charge on any atom is -0.481 e. The average Bonchev–Trinajstić information content (AvgIpc) is 2.82. The Labute approximate surface area is 128 Å². The fourth-order valence-corrected chi connectivity index (χ4v) is 2.67. The fraction of sp³-hybridized carbons (Fsp3) is 0.286. The summed E-state index contributed by atoms with van der Waals surface area (Å²) in [6, 6.07) is 3.45. The second-order valence-corrected chi connectivity index (χ2v) is 5.61. The quantitative estimate of drug-likeness (QED) is 0.936. The third kappa shape index (κ3) is 3.38. The maximum Gasteiger partial charge on any atom is 0.416 e. The topological polar surface area (TPSA) is 54.6 Å². The normalized spacial score (nSPS) is 14.1. The van der Waals surface area contributed by atoms with E-state index in [-0.39, 0.29) is 11.3 Å². The minimum atomic E-state index is -4.64. The lowest BCUT2D eigenvalue weighted by Crippen LogP contribution is -2.15. The lowest BCUT2D eigenvalue weighted by molar-refractivity contribution is -0.141. The molecule has 0 fully saturated rings. The van der Waals surface area contributed by atoms with E-state index in [1.807, 2.05) is 0 Å². The van der Waals surface area contributed by atoms with Gasteiger partial charge in [-0.15, -0.1) is 11.3 Å². The van der Waals surface area contributed by atoms with Crippen LogP contribution in [0.2, 0.25) is 0 Å². The van der Waals surface area contributed by atoms with Gasteiger partial charge in [-0.25, -0.2) is 4.99 Å². The molecule has 0 saturated heterocycles. The minimum absolute atomic E-state index is 0.131. The molecule has 4 nitrogen and oxygen atoms in total. The fourth-order valence-electron chi connectivity index (χ4n) is 1.92. The van der Waals surface area contributed by atoms with Gasteiger partial charge in [0.2, 0.25) is 0 Å². The molecule has 8 heteroatoms. The second-order valence-electron chi connectivity index (χ2n) is 4.74. The van der Waals surface area contributed by atoms with Crippen molar-refractivity contribution in [3.63, 3.8) is 0 Å². The number of aromatic nitrogens is 1. The molecule has 1 N–H and O–H groups in total. The molecule has 1 aromatic carbocycles. The molecule has 0 amide bonds. The molecule has 0 aliphatic carbocycles. The summed E-state index contributed by atoms with van der Waals surface area (Å²) in [7, 11) is 1.74. The zero-order chi connectivity index (χ0) is 16.5. The Bertz CT molecular complexity index is 762. The Balaban J connectivity index is 2.58. The van der Waals surface area contributed by atoms with Gasteiger partial charge in [0, 0.05) is 18.6 Å². The monoisotopic (exact) mass is 330 g/mol. The summed E-state index contributed by atoms with van der Waals surface area (Å²) in [5.74, 6) is -2.55. The molecule has 0 radical (unpaired) electrons. The van der Waals surface area contributed by atoms with E-state index in [1.54, 1.807) is 23.2 Å². The standard InChI is InChI=1S/C14H13F3N2O2S/c1-8(12(20)21)10-4-3-9(7-11(10)14(15,16)17)18-13-19(2)5-6-22-13/h3-8H,1-2H3,(H,20,21)/b18-13-. The van der Waals surface area contributed by atoms with E-state index < -0.39 is 23.6 Å². The van der Waals surface area contributed by atoms with Crippen LogP contribution in [-0.4, -0.2) is 15.6 Å². The van der Waals surface area contributed by atoms with Crippen LogP contribution in [0.4, 0.5) is 18.9 Å². The van der Waals surface area contributed by atoms with E-state index in [9.17, 15) is 18.0 Å². The molecule has 1 atom stereocenters. The van der Waals surface area contributed by atoms with Crippen molar-refractivity contribution in [2.45, 2.75) is 19.0 Å². The average molecular weight is 330 g/mol. The number of nitrogens with zero attached hydrogens (tertiary/aromatic N) is 2. The number of hydrogen-bond acceptors (Lipinski definition) is 3. The number of carboxylic acids is 1. The van der Waals surface area contributed by atoms with Gasteiger partial charge in [-0.05, 0) is 24.6 Å². The third-order valence-corrected chi connectivity index (χ3v) is 4.01. The van der Waals surface area contributed by atoms with E-state index in [2.05, 4.69) is 4.99 Å². The number of aryl methyl sites for hydroxylation is 1. The number of carbonyl (C=O) groups is 1. The van der Waals surface area contributed by atoms with Crippen molar-refractivity contribution in [1.82, 2.24) is 4.57 Å². The maximum atomic E-state index is 13.2. The lowest BCUT2D eigenvalue weighted by atomic mass is 9.95. The van der Waals surface area contributed by atoms with E-state index in [0.29, 0.717) is 4.80 Å². The molecule has 0 aliphatic heterocycles. The third-order valence-electron chi connectivity index (χ3n) is 3.16. The van der Waals surface area contributed by atoms with Gasteiger partial charge in [-0.1, -0.05) is 6.07 Å². The maximum absolute atomic E-state index is 13.2. The SMILES string of the molecule is CC(C(=O)O)c1ccc(/N=c2\sccn2C)cc1C(F)(F)F. The molecule has 0 spiro atoms. The Morgan fingerprint density at radius 3 is 2.59 bits per heavy atom. The summed E-state index contributed by atoms with van der Waals surface area (Å²) >= 11 is 1.29. The number of benzene rings is 1. The summed E-state index contributed by atoms with van der Waals surface area (Å²) < 4.78 is 41.2. The predicted octanol–water partition coefficient (Wildman–Crippen LogP) is 3.53. The van der Waals surface area contributed by atoms with Gasteiger partial charge in [0.05, 0.1) is 17.2 Å². The Morgan fingerprint density at radius 2 is 2.09 bits per heavy atom. The predicted molar refractivity (Wildman–Crippen MR) is 76.0 cm³/mol. The Hall–Kier alpha value is -2.09. The number of hydrogen-bond donors (Lipinski definition) is 1. The molecule has 118 valence electrons. The molecule has 1 aromatic heterocycles. The number of carboxylic acid groups (broad SMARTS) is 1. The lowest BCUT2D eigenvalue weighted by Gasteiger charge is -2.16. The summed E-state index contributed by atoms with van der Waals surface area (Å²) in [4.78, 5) is 15.7. The van der Waals surface area contributed by atoms with Crippen molar-refractivity contribution in [2.24, 2.45) is 12.0 Å². The van der Waals surface area contributed by atoms with Crippen LogP contribution in [0.15, 0.2) is 34.8 Å². The summed E-state index contributed by atoms with van der Waals surface area (Å²) in [6.45, 7) is 1.23. The van der Waals surface area contributed by atoms with Gasteiger partial charge in [0.1, 0.15) is 0 Å². The van der Waals surface area contributed by atoms with Crippen LogP contribution in [0.25, 0.3) is 0 Å². The van der Waals surface area contributed by atoms with Crippen LogP contribution in [0.1, 0.15) is 24.0 Å². The smallest absolute Gasteiger partial charge is 0.416 e. The van der Waals surface area contributed by atoms with Gasteiger partial charge < -0.3 is 9.67 Å². The van der Waals surface area contributed by atoms with Crippen LogP contribution in [0.5, 0.6) is 0 Å². The zero-order valence-electron chi connectivity index (χ0n) is 11.8. The highest BCUT2D eigenvalue weighted by Gasteiger charge is 2.36. The summed E-state index contributed by atoms with van der Waals surface area (Å²) in [6.07, 6.45) is -2.89. The van der Waals surface area contributed by atoms with Crippen LogP contribution in [-0.2, 0) is 18.0 Å². The first-order valence-electron chi connectivity index (χ1n) is 6.29. The Kier molecular flexibility index (Phi) is 4.41. The van der Waals surface area contributed by atoms with Gasteiger partial charge in [-0.2, -0.15) is 13.2 Å². The van der Waals surface area contributed by atoms with Gasteiger partial charge in [-0.3, -0.25) is 4.79 Å². The summed E-state index contributed by atoms with van der Waals surface area (Å²) in [5.41, 5.74) is -1.11. The molecular weight excluding hydrogens is 317 g/mol. The van der Waals surface area contributed by atoms with Crippen LogP contribution < -0.4 is 4.80 Å². The first-order chi connectivity index (χ1) is 10.2. The molecule has 0 aliphatic rings. The highest BCUT2D eigenvalue weighted by atomic mass is 32.1. The molecule has 0 saturated carbocycles. The number of halogens is 3. The highest BCUT2D eigenvalue weighted by molar-refractivity contribution is 7.07. The number of alkyl halides is 3. The Morgan fingerprint density at radius 1 is 1.41 bits per heavy atom. The van der Waals surface area contributed by atoms with Crippen molar-refractivity contribution < 1.29 is 23.1 Å². The molecule has 2 aromatic rings. The number of thiazole rings is 1. The first-order valence-corrected chi connectivity index (χ1v) is 7.17. The molecule has 2 rings (SSSR count). The van der Waals surface area contributed by atoms with Gasteiger partial charge >= 0.3 is 12.1 Å². The number of rotatable bonds is 3. The van der Waals surface area contributed by atoms with Crippen LogP contribution >= 0.6 is 11.3 Å². The largest absolute Gasteiger partial charge is 0.481 e. The highest BCUT2D eigenvalue weighted by Crippen LogP contribution is 2.37. The molecule has 1 heterocycles. The van der Waals surface area contributed by atoms with E-state index in [4.69, 9.17) is 5.11 Å². The molecule has 1 unspecified atom stereocenters. The van der Waals surface area contributed by atoms with Crippen molar-refractivity contribution in [2.75, 3.05) is 0 Å².